The number of hydrogen-bond donors (Lipinski definition) is 2. The fourth-order valence-corrected chi connectivity index (χ4v) is 4.31. The van der Waals surface area contributed by atoms with E-state index in [2.05, 4.69) is 32.7 Å². The first-order chi connectivity index (χ1) is 14.6. The third-order valence-corrected chi connectivity index (χ3v) is 5.91. The lowest BCUT2D eigenvalue weighted by Gasteiger charge is -2.16. The first kappa shape index (κ1) is 20.3. The smallest absolute Gasteiger partial charge is 0.260 e. The Morgan fingerprint density at radius 2 is 2.10 bits per heavy atom. The Kier molecular flexibility index (Phi) is 6.25. The molecule has 2 aromatic heterocycles. The van der Waals surface area contributed by atoms with Crippen LogP contribution in [0.25, 0.3) is 0 Å². The third-order valence-electron chi connectivity index (χ3n) is 5.10. The topological polar surface area (TPSA) is 87.5 Å². The van der Waals surface area contributed by atoms with Crippen LogP contribution < -0.4 is 10.6 Å². The predicted octanol–water partition coefficient (Wildman–Crippen LogP) is 3.23. The van der Waals surface area contributed by atoms with Crippen LogP contribution in [0.2, 0.25) is 0 Å². The van der Waals surface area contributed by atoms with Crippen LogP contribution in [-0.2, 0) is 17.8 Å². The summed E-state index contributed by atoms with van der Waals surface area (Å²) in [5.74, 6) is 0.244. The minimum atomic E-state index is -0.268. The number of rotatable bonds is 7. The highest BCUT2D eigenvalue weighted by molar-refractivity contribution is 7.14. The van der Waals surface area contributed by atoms with Crippen LogP contribution in [0.4, 0.5) is 5.13 Å². The Hall–Kier alpha value is -2.97. The molecule has 4 rings (SSSR count). The first-order valence-electron chi connectivity index (χ1n) is 9.92. The minimum Gasteiger partial charge on any atom is -0.469 e. The largest absolute Gasteiger partial charge is 0.469 e. The quantitative estimate of drug-likeness (QED) is 0.608. The fourth-order valence-electron chi connectivity index (χ4n) is 3.61. The van der Waals surface area contributed by atoms with E-state index in [0.29, 0.717) is 22.1 Å². The van der Waals surface area contributed by atoms with Gasteiger partial charge in [-0.15, -0.1) is 11.3 Å². The number of aromatic nitrogens is 1. The van der Waals surface area contributed by atoms with Crippen molar-refractivity contribution in [1.82, 2.24) is 15.2 Å². The van der Waals surface area contributed by atoms with Crippen LogP contribution in [0, 0.1) is 6.92 Å². The molecule has 30 heavy (non-hydrogen) atoms. The summed E-state index contributed by atoms with van der Waals surface area (Å²) in [7, 11) is 0. The van der Waals surface area contributed by atoms with Gasteiger partial charge in [0.15, 0.2) is 5.13 Å². The van der Waals surface area contributed by atoms with Gasteiger partial charge in [-0.05, 0) is 25.0 Å². The maximum atomic E-state index is 12.4. The van der Waals surface area contributed by atoms with Crippen molar-refractivity contribution in [2.75, 3.05) is 18.4 Å². The van der Waals surface area contributed by atoms with Gasteiger partial charge in [-0.2, -0.15) is 0 Å². The maximum Gasteiger partial charge on any atom is 0.260 e. The number of hydrogen-bond acceptors (Lipinski definition) is 6. The van der Waals surface area contributed by atoms with Crippen molar-refractivity contribution in [2.45, 2.75) is 32.4 Å². The predicted molar refractivity (Wildman–Crippen MR) is 115 cm³/mol. The molecule has 1 aromatic carbocycles. The number of likely N-dealkylation sites (tertiary alicyclic amines) is 1. The summed E-state index contributed by atoms with van der Waals surface area (Å²) in [6.07, 6.45) is 2.62. The van der Waals surface area contributed by atoms with E-state index < -0.39 is 0 Å². The molecule has 0 aliphatic carbocycles. The Morgan fingerprint density at radius 3 is 2.87 bits per heavy atom. The number of aryl methyl sites for hydroxylation is 1. The van der Waals surface area contributed by atoms with E-state index in [1.54, 1.807) is 18.4 Å². The highest BCUT2D eigenvalue weighted by Crippen LogP contribution is 2.19. The summed E-state index contributed by atoms with van der Waals surface area (Å²) in [6.45, 7) is 4.46. The molecule has 1 fully saturated rings. The lowest BCUT2D eigenvalue weighted by Crippen LogP contribution is -2.37. The first-order valence-corrected chi connectivity index (χ1v) is 10.8. The van der Waals surface area contributed by atoms with Crippen molar-refractivity contribution >= 4 is 28.3 Å². The second-order valence-electron chi connectivity index (χ2n) is 7.44. The van der Waals surface area contributed by atoms with Gasteiger partial charge < -0.3 is 9.73 Å². The molecule has 3 heterocycles. The van der Waals surface area contributed by atoms with Crippen molar-refractivity contribution in [3.05, 3.63) is 70.6 Å². The van der Waals surface area contributed by atoms with E-state index in [-0.39, 0.29) is 24.3 Å². The molecular weight excluding hydrogens is 400 g/mol. The van der Waals surface area contributed by atoms with E-state index >= 15 is 0 Å². The van der Waals surface area contributed by atoms with Gasteiger partial charge in [0.25, 0.3) is 5.91 Å². The summed E-state index contributed by atoms with van der Waals surface area (Å²) in [6, 6.07) is 12.1. The van der Waals surface area contributed by atoms with E-state index in [1.807, 2.05) is 18.2 Å². The van der Waals surface area contributed by atoms with Crippen molar-refractivity contribution < 1.29 is 14.0 Å². The van der Waals surface area contributed by atoms with Gasteiger partial charge in [-0.1, -0.05) is 30.3 Å². The average Bonchev–Trinajstić information content (AvgIpc) is 3.45. The lowest BCUT2D eigenvalue weighted by atomic mass is 10.2. The van der Waals surface area contributed by atoms with Gasteiger partial charge in [0, 0.05) is 31.1 Å². The molecule has 1 aliphatic rings. The van der Waals surface area contributed by atoms with Crippen molar-refractivity contribution in [2.24, 2.45) is 0 Å². The molecular formula is C22H24N4O3S. The van der Waals surface area contributed by atoms with Crippen LogP contribution in [-0.4, -0.2) is 40.8 Å². The summed E-state index contributed by atoms with van der Waals surface area (Å²) in [5.41, 5.74) is 2.41. The van der Waals surface area contributed by atoms with E-state index in [0.717, 1.165) is 26.1 Å². The van der Waals surface area contributed by atoms with Gasteiger partial charge in [0.2, 0.25) is 5.91 Å². The summed E-state index contributed by atoms with van der Waals surface area (Å²) in [5, 5.41) is 8.13. The zero-order valence-corrected chi connectivity index (χ0v) is 17.6. The maximum absolute atomic E-state index is 12.4. The average molecular weight is 425 g/mol. The van der Waals surface area contributed by atoms with Crippen molar-refractivity contribution in [3.8, 4) is 0 Å². The number of carbonyl (C=O) groups excluding carboxylic acids is 2. The molecule has 1 aliphatic heterocycles. The highest BCUT2D eigenvalue weighted by atomic mass is 32.1. The molecule has 1 saturated heterocycles. The van der Waals surface area contributed by atoms with E-state index in [4.69, 9.17) is 4.42 Å². The second-order valence-corrected chi connectivity index (χ2v) is 8.30. The molecule has 2 amide bonds. The van der Waals surface area contributed by atoms with Gasteiger partial charge >= 0.3 is 0 Å². The number of nitrogens with one attached hydrogen (secondary N) is 2. The molecule has 3 aromatic rings. The van der Waals surface area contributed by atoms with Gasteiger partial charge in [-0.25, -0.2) is 4.98 Å². The standard InChI is InChI=1S/C22H24N4O3S/c1-15-19(8-10-29-15)21(28)25-22-24-18(14-30-22)11-20(27)23-17-7-9-26(13-17)12-16-5-3-2-4-6-16/h2-6,8,10,14,17H,7,9,11-13H2,1H3,(H,23,27)(H,24,25,28)/t17-/m1/s1. The molecule has 0 bridgehead atoms. The molecule has 156 valence electrons. The van der Waals surface area contributed by atoms with Crippen LogP contribution in [0.5, 0.6) is 0 Å². The van der Waals surface area contributed by atoms with Crippen molar-refractivity contribution in [3.63, 3.8) is 0 Å². The Bertz CT molecular complexity index is 1010. The Labute approximate surface area is 179 Å². The number of anilines is 1. The summed E-state index contributed by atoms with van der Waals surface area (Å²) >= 11 is 1.31. The molecule has 7 nitrogen and oxygen atoms in total. The van der Waals surface area contributed by atoms with Gasteiger partial charge in [0.1, 0.15) is 5.76 Å². The van der Waals surface area contributed by atoms with Crippen molar-refractivity contribution in [1.29, 1.82) is 0 Å². The SMILES string of the molecule is Cc1occc1C(=O)Nc1nc(CC(=O)N[C@@H]2CCN(Cc3ccccc3)C2)cs1. The zero-order valence-electron chi connectivity index (χ0n) is 16.8. The second kappa shape index (κ2) is 9.23. The third kappa shape index (κ3) is 5.14. The van der Waals surface area contributed by atoms with E-state index in [9.17, 15) is 9.59 Å². The normalized spacial score (nSPS) is 16.5. The molecule has 0 spiro atoms. The minimum absolute atomic E-state index is 0.0459. The lowest BCUT2D eigenvalue weighted by molar-refractivity contribution is -0.121. The van der Waals surface area contributed by atoms with Crippen LogP contribution >= 0.6 is 11.3 Å². The number of thiazole rings is 1. The van der Waals surface area contributed by atoms with Gasteiger partial charge in [0.05, 0.1) is 23.9 Å². The summed E-state index contributed by atoms with van der Waals surface area (Å²) < 4.78 is 5.15. The highest BCUT2D eigenvalue weighted by Gasteiger charge is 2.24. The Balaban J connectivity index is 1.24. The molecule has 2 N–H and O–H groups in total. The van der Waals surface area contributed by atoms with E-state index in [1.165, 1.54) is 23.2 Å². The zero-order chi connectivity index (χ0) is 20.9. The van der Waals surface area contributed by atoms with Gasteiger partial charge in [-0.3, -0.25) is 19.8 Å². The molecule has 1 atom stereocenters. The number of carbonyl (C=O) groups is 2. The molecule has 0 saturated carbocycles. The number of amides is 2. The Morgan fingerprint density at radius 1 is 1.27 bits per heavy atom. The number of furan rings is 1. The molecule has 0 radical (unpaired) electrons. The van der Waals surface area contributed by atoms with Crippen LogP contribution in [0.3, 0.4) is 0 Å². The monoisotopic (exact) mass is 424 g/mol. The van der Waals surface area contributed by atoms with Crippen LogP contribution in [0.1, 0.15) is 33.8 Å². The number of nitrogens with zero attached hydrogens (tertiary/aromatic N) is 2. The van der Waals surface area contributed by atoms with Crippen LogP contribution in [0.15, 0.2) is 52.5 Å². The molecule has 8 heteroatoms. The number of benzene rings is 1. The molecule has 0 unspecified atom stereocenters. The summed E-state index contributed by atoms with van der Waals surface area (Å²) in [4.78, 5) is 31.4. The fraction of sp³-hybridized carbons (Fsp3) is 0.318.